The molecule has 4 heteroatoms. The molecule has 0 heterocycles. The number of nitrogens with two attached hydrogens (primary N) is 1. The Labute approximate surface area is 108 Å². The number of benzene rings is 1. The molecule has 18 heavy (non-hydrogen) atoms. The average Bonchev–Trinajstić information content (AvgIpc) is 3.21. The summed E-state index contributed by atoms with van der Waals surface area (Å²) in [7, 11) is 0. The standard InChI is InChI=1S/C14H20N2O2/c15-13(11-6-7-11)10-16-14(17)8-9-18-12-4-2-1-3-5-12/h1-5,11,13H,6-10,15H2,(H,16,17). The lowest BCUT2D eigenvalue weighted by molar-refractivity contribution is -0.121. The number of amides is 1. The second-order valence-corrected chi connectivity index (χ2v) is 4.72. The third-order valence-corrected chi connectivity index (χ3v) is 3.10. The molecule has 1 unspecified atom stereocenters. The summed E-state index contributed by atoms with van der Waals surface area (Å²) in [6.07, 6.45) is 2.77. The smallest absolute Gasteiger partial charge is 0.223 e. The number of hydrogen-bond donors (Lipinski definition) is 2. The molecule has 1 aromatic carbocycles. The number of hydrogen-bond acceptors (Lipinski definition) is 3. The van der Waals surface area contributed by atoms with Gasteiger partial charge in [0.1, 0.15) is 5.75 Å². The molecule has 0 aromatic heterocycles. The van der Waals surface area contributed by atoms with Gasteiger partial charge < -0.3 is 15.8 Å². The van der Waals surface area contributed by atoms with Crippen molar-refractivity contribution in [1.82, 2.24) is 5.32 Å². The molecule has 98 valence electrons. The number of carbonyl (C=O) groups is 1. The fourth-order valence-corrected chi connectivity index (χ4v) is 1.79. The monoisotopic (exact) mass is 248 g/mol. The van der Waals surface area contributed by atoms with Crippen LogP contribution in [0.4, 0.5) is 0 Å². The van der Waals surface area contributed by atoms with Crippen molar-refractivity contribution < 1.29 is 9.53 Å². The van der Waals surface area contributed by atoms with Crippen LogP contribution in [0.5, 0.6) is 5.75 Å². The van der Waals surface area contributed by atoms with E-state index < -0.39 is 0 Å². The molecular formula is C14H20N2O2. The predicted molar refractivity (Wildman–Crippen MR) is 70.3 cm³/mol. The molecule has 1 saturated carbocycles. The van der Waals surface area contributed by atoms with E-state index in [1.54, 1.807) is 0 Å². The topological polar surface area (TPSA) is 64.3 Å². The Morgan fingerprint density at radius 1 is 1.39 bits per heavy atom. The second kappa shape index (κ2) is 6.40. The molecule has 1 amide bonds. The van der Waals surface area contributed by atoms with Crippen LogP contribution in [0.15, 0.2) is 30.3 Å². The van der Waals surface area contributed by atoms with Gasteiger partial charge in [-0.15, -0.1) is 0 Å². The lowest BCUT2D eigenvalue weighted by Crippen LogP contribution is -2.38. The highest BCUT2D eigenvalue weighted by atomic mass is 16.5. The molecule has 0 aliphatic heterocycles. The maximum atomic E-state index is 11.5. The summed E-state index contributed by atoms with van der Waals surface area (Å²) < 4.78 is 5.45. The van der Waals surface area contributed by atoms with Crippen molar-refractivity contribution in [2.75, 3.05) is 13.2 Å². The normalized spacial score (nSPS) is 16.1. The maximum absolute atomic E-state index is 11.5. The predicted octanol–water partition coefficient (Wildman–Crippen LogP) is 1.31. The highest BCUT2D eigenvalue weighted by molar-refractivity contribution is 5.76. The van der Waals surface area contributed by atoms with Gasteiger partial charge in [0.05, 0.1) is 13.0 Å². The SMILES string of the molecule is NC(CNC(=O)CCOc1ccccc1)C1CC1. The van der Waals surface area contributed by atoms with E-state index in [9.17, 15) is 4.79 Å². The van der Waals surface area contributed by atoms with Crippen LogP contribution in [0.25, 0.3) is 0 Å². The molecule has 1 aliphatic carbocycles. The number of para-hydroxylation sites is 1. The van der Waals surface area contributed by atoms with Gasteiger partial charge in [0.25, 0.3) is 0 Å². The number of rotatable bonds is 7. The minimum atomic E-state index is 0.00188. The third kappa shape index (κ3) is 4.37. The Morgan fingerprint density at radius 3 is 2.78 bits per heavy atom. The van der Waals surface area contributed by atoms with E-state index in [0.717, 1.165) is 5.75 Å². The lowest BCUT2D eigenvalue weighted by atomic mass is 10.2. The van der Waals surface area contributed by atoms with Crippen molar-refractivity contribution in [2.24, 2.45) is 11.7 Å². The van der Waals surface area contributed by atoms with Gasteiger partial charge in [-0.3, -0.25) is 4.79 Å². The largest absolute Gasteiger partial charge is 0.493 e. The molecule has 4 nitrogen and oxygen atoms in total. The Balaban J connectivity index is 1.57. The Morgan fingerprint density at radius 2 is 2.11 bits per heavy atom. The summed E-state index contributed by atoms with van der Waals surface area (Å²) in [5.41, 5.74) is 5.90. The minimum absolute atomic E-state index is 0.00188. The van der Waals surface area contributed by atoms with Gasteiger partial charge in [-0.25, -0.2) is 0 Å². The summed E-state index contributed by atoms with van der Waals surface area (Å²) in [5.74, 6) is 1.41. The van der Waals surface area contributed by atoms with Crippen LogP contribution in [-0.2, 0) is 4.79 Å². The molecule has 1 aliphatic rings. The Kier molecular flexibility index (Phi) is 4.59. The fourth-order valence-electron chi connectivity index (χ4n) is 1.79. The molecular weight excluding hydrogens is 228 g/mol. The van der Waals surface area contributed by atoms with Gasteiger partial charge in [0.2, 0.25) is 5.91 Å². The van der Waals surface area contributed by atoms with E-state index >= 15 is 0 Å². The molecule has 1 aromatic rings. The molecule has 2 rings (SSSR count). The third-order valence-electron chi connectivity index (χ3n) is 3.10. The van der Waals surface area contributed by atoms with Gasteiger partial charge >= 0.3 is 0 Å². The summed E-state index contributed by atoms with van der Waals surface area (Å²) in [6.45, 7) is 0.976. The number of ether oxygens (including phenoxy) is 1. The van der Waals surface area contributed by atoms with Crippen LogP contribution < -0.4 is 15.8 Å². The van der Waals surface area contributed by atoms with Gasteiger partial charge in [0, 0.05) is 12.6 Å². The maximum Gasteiger partial charge on any atom is 0.223 e. The van der Waals surface area contributed by atoms with Crippen LogP contribution >= 0.6 is 0 Å². The van der Waals surface area contributed by atoms with Crippen molar-refractivity contribution in [3.63, 3.8) is 0 Å². The van der Waals surface area contributed by atoms with E-state index in [4.69, 9.17) is 10.5 Å². The first-order valence-corrected chi connectivity index (χ1v) is 6.46. The summed E-state index contributed by atoms with van der Waals surface area (Å²) in [4.78, 5) is 11.5. The first-order chi connectivity index (χ1) is 8.75. The van der Waals surface area contributed by atoms with E-state index in [1.165, 1.54) is 12.8 Å². The van der Waals surface area contributed by atoms with E-state index in [1.807, 2.05) is 30.3 Å². The van der Waals surface area contributed by atoms with Crippen LogP contribution in [-0.4, -0.2) is 25.1 Å². The van der Waals surface area contributed by atoms with Crippen LogP contribution in [0, 0.1) is 5.92 Å². The van der Waals surface area contributed by atoms with Crippen molar-refractivity contribution in [1.29, 1.82) is 0 Å². The second-order valence-electron chi connectivity index (χ2n) is 4.72. The van der Waals surface area contributed by atoms with Gasteiger partial charge in [0.15, 0.2) is 0 Å². The van der Waals surface area contributed by atoms with E-state index in [-0.39, 0.29) is 11.9 Å². The van der Waals surface area contributed by atoms with Crippen LogP contribution in [0.3, 0.4) is 0 Å². The molecule has 0 saturated heterocycles. The van der Waals surface area contributed by atoms with Gasteiger partial charge in [-0.05, 0) is 30.9 Å². The highest BCUT2D eigenvalue weighted by Crippen LogP contribution is 2.31. The first kappa shape index (κ1) is 12.9. The van der Waals surface area contributed by atoms with E-state index in [0.29, 0.717) is 25.5 Å². The molecule has 1 fully saturated rings. The lowest BCUT2D eigenvalue weighted by Gasteiger charge is -2.11. The number of carbonyl (C=O) groups excluding carboxylic acids is 1. The summed E-state index contributed by atoms with van der Waals surface area (Å²) >= 11 is 0. The zero-order valence-corrected chi connectivity index (χ0v) is 10.5. The molecule has 0 radical (unpaired) electrons. The fraction of sp³-hybridized carbons (Fsp3) is 0.500. The van der Waals surface area contributed by atoms with Crippen molar-refractivity contribution >= 4 is 5.91 Å². The van der Waals surface area contributed by atoms with Crippen molar-refractivity contribution in [3.8, 4) is 5.75 Å². The molecule has 0 spiro atoms. The molecule has 3 N–H and O–H groups in total. The highest BCUT2D eigenvalue weighted by Gasteiger charge is 2.28. The minimum Gasteiger partial charge on any atom is -0.493 e. The molecule has 1 atom stereocenters. The summed E-state index contributed by atoms with van der Waals surface area (Å²) in [5, 5.41) is 2.85. The molecule has 0 bridgehead atoms. The zero-order valence-electron chi connectivity index (χ0n) is 10.5. The number of nitrogens with one attached hydrogen (secondary N) is 1. The average molecular weight is 248 g/mol. The van der Waals surface area contributed by atoms with Gasteiger partial charge in [-0.1, -0.05) is 18.2 Å². The Hall–Kier alpha value is -1.55. The van der Waals surface area contributed by atoms with Crippen molar-refractivity contribution in [2.45, 2.75) is 25.3 Å². The first-order valence-electron chi connectivity index (χ1n) is 6.46. The van der Waals surface area contributed by atoms with Crippen molar-refractivity contribution in [3.05, 3.63) is 30.3 Å². The van der Waals surface area contributed by atoms with E-state index in [2.05, 4.69) is 5.32 Å². The van der Waals surface area contributed by atoms with Gasteiger partial charge in [-0.2, -0.15) is 0 Å². The quantitative estimate of drug-likeness (QED) is 0.764. The Bertz CT molecular complexity index is 377. The van der Waals surface area contributed by atoms with Crippen LogP contribution in [0.1, 0.15) is 19.3 Å². The zero-order chi connectivity index (χ0) is 12.8. The summed E-state index contributed by atoms with van der Waals surface area (Å²) in [6, 6.07) is 9.61. The van der Waals surface area contributed by atoms with Crippen LogP contribution in [0.2, 0.25) is 0 Å².